The van der Waals surface area contributed by atoms with Gasteiger partial charge in [-0.3, -0.25) is 14.4 Å². The molecule has 2 aromatic rings. The second-order valence-corrected chi connectivity index (χ2v) is 12.5. The minimum atomic E-state index is -1.19. The van der Waals surface area contributed by atoms with Crippen LogP contribution in [-0.4, -0.2) is 107 Å². The zero-order chi connectivity index (χ0) is 33.4. The first-order chi connectivity index (χ1) is 21.1. The molecule has 2 N–H and O–H groups in total. The Morgan fingerprint density at radius 2 is 1.56 bits per heavy atom. The molecule has 2 heterocycles. The van der Waals surface area contributed by atoms with Gasteiger partial charge in [-0.1, -0.05) is 39.0 Å². The van der Waals surface area contributed by atoms with E-state index in [9.17, 15) is 24.0 Å². The number of nitrogens with one attached hydrogen (secondary N) is 2. The van der Waals surface area contributed by atoms with Gasteiger partial charge in [-0.15, -0.1) is 0 Å². The number of ether oxygens (including phenoxy) is 3. The van der Waals surface area contributed by atoms with E-state index in [1.54, 1.807) is 72.7 Å². The van der Waals surface area contributed by atoms with Crippen LogP contribution in [0.5, 0.6) is 5.88 Å². The second-order valence-electron chi connectivity index (χ2n) is 12.5. The molecule has 14 nitrogen and oxygen atoms in total. The van der Waals surface area contributed by atoms with Gasteiger partial charge in [0.2, 0.25) is 11.8 Å². The molecule has 1 aromatic carbocycles. The Balaban J connectivity index is 1.82. The number of para-hydroxylation sites is 1. The van der Waals surface area contributed by atoms with Crippen LogP contribution in [0.1, 0.15) is 59.0 Å². The molecule has 45 heavy (non-hydrogen) atoms. The lowest BCUT2D eigenvalue weighted by molar-refractivity contribution is -0.134. The van der Waals surface area contributed by atoms with Crippen molar-refractivity contribution in [3.05, 3.63) is 42.1 Å². The van der Waals surface area contributed by atoms with Crippen LogP contribution in [0, 0.1) is 5.41 Å². The van der Waals surface area contributed by atoms with Crippen molar-refractivity contribution in [2.45, 2.75) is 60.1 Å². The van der Waals surface area contributed by atoms with E-state index in [1.165, 1.54) is 20.5 Å². The van der Waals surface area contributed by atoms with Crippen molar-refractivity contribution in [2.24, 2.45) is 5.41 Å². The molecule has 0 spiro atoms. The van der Waals surface area contributed by atoms with Gasteiger partial charge in [0, 0.05) is 37.7 Å². The number of carbonyl (C=O) groups is 5. The smallest absolute Gasteiger partial charge is 0.409 e. The van der Waals surface area contributed by atoms with Crippen LogP contribution in [0.15, 0.2) is 36.4 Å². The maximum Gasteiger partial charge on any atom is 0.409 e. The molecule has 1 saturated heterocycles. The fourth-order valence-corrected chi connectivity index (χ4v) is 4.16. The molecule has 1 aliphatic heterocycles. The van der Waals surface area contributed by atoms with Crippen molar-refractivity contribution in [2.75, 3.05) is 45.9 Å². The van der Waals surface area contributed by atoms with Gasteiger partial charge in [0.05, 0.1) is 18.8 Å². The highest BCUT2D eigenvalue weighted by Crippen LogP contribution is 2.22. The number of Topliss-reactive ketones (excluding diaryl/α,β-unsaturated/α-hetero) is 1. The molecular weight excluding hydrogens is 584 g/mol. The topological polar surface area (TPSA) is 161 Å². The van der Waals surface area contributed by atoms with Crippen molar-refractivity contribution in [3.8, 4) is 11.6 Å². The molecule has 14 heteroatoms. The number of aromatic nitrogens is 2. The van der Waals surface area contributed by atoms with Crippen LogP contribution in [0.2, 0.25) is 0 Å². The number of rotatable bonds is 10. The van der Waals surface area contributed by atoms with Gasteiger partial charge in [-0.2, -0.15) is 5.10 Å². The largest absolute Gasteiger partial charge is 0.470 e. The van der Waals surface area contributed by atoms with E-state index in [1.807, 2.05) is 6.07 Å². The Bertz CT molecular complexity index is 1350. The van der Waals surface area contributed by atoms with E-state index in [0.29, 0.717) is 5.69 Å². The van der Waals surface area contributed by atoms with Gasteiger partial charge in [0.25, 0.3) is 5.91 Å². The summed E-state index contributed by atoms with van der Waals surface area (Å²) in [6, 6.07) is 9.14. The molecule has 1 atom stereocenters. The fraction of sp³-hybridized carbons (Fsp3) is 0.548. The Morgan fingerprint density at radius 1 is 0.933 bits per heavy atom. The van der Waals surface area contributed by atoms with Crippen molar-refractivity contribution >= 4 is 29.8 Å². The monoisotopic (exact) mass is 628 g/mol. The van der Waals surface area contributed by atoms with E-state index in [2.05, 4.69) is 15.7 Å². The number of nitrogens with zero attached hydrogens (tertiary/aromatic N) is 4. The quantitative estimate of drug-likeness (QED) is 0.403. The zero-order valence-corrected chi connectivity index (χ0v) is 27.0. The van der Waals surface area contributed by atoms with Crippen molar-refractivity contribution in [1.29, 1.82) is 0 Å². The lowest BCUT2D eigenvalue weighted by Crippen LogP contribution is -2.58. The van der Waals surface area contributed by atoms with Gasteiger partial charge in [-0.25, -0.2) is 14.3 Å². The summed E-state index contributed by atoms with van der Waals surface area (Å²) in [5.74, 6) is -1.14. The highest BCUT2D eigenvalue weighted by Gasteiger charge is 2.32. The zero-order valence-electron chi connectivity index (χ0n) is 27.0. The average Bonchev–Trinajstić information content (AvgIpc) is 3.41. The number of ketones is 1. The van der Waals surface area contributed by atoms with Crippen molar-refractivity contribution in [3.63, 3.8) is 0 Å². The first-order valence-electron chi connectivity index (χ1n) is 14.9. The minimum absolute atomic E-state index is 0.0701. The summed E-state index contributed by atoms with van der Waals surface area (Å²) in [5.41, 5.74) is -0.882. The van der Waals surface area contributed by atoms with Crippen molar-refractivity contribution < 1.29 is 38.2 Å². The number of hydrogen-bond acceptors (Lipinski definition) is 9. The van der Waals surface area contributed by atoms with Crippen LogP contribution in [0.25, 0.3) is 5.69 Å². The predicted molar refractivity (Wildman–Crippen MR) is 164 cm³/mol. The van der Waals surface area contributed by atoms with E-state index in [-0.39, 0.29) is 63.3 Å². The van der Waals surface area contributed by atoms with Gasteiger partial charge >= 0.3 is 12.2 Å². The maximum absolute atomic E-state index is 13.6. The molecule has 0 bridgehead atoms. The van der Waals surface area contributed by atoms with Gasteiger partial charge in [0.15, 0.2) is 11.5 Å². The van der Waals surface area contributed by atoms with E-state index in [0.717, 1.165) is 0 Å². The molecular formula is C31H44N6O8. The molecule has 4 amide bonds. The van der Waals surface area contributed by atoms with Crippen LogP contribution >= 0.6 is 0 Å². The molecule has 246 valence electrons. The third-order valence-corrected chi connectivity index (χ3v) is 6.67. The first-order valence-corrected chi connectivity index (χ1v) is 14.9. The lowest BCUT2D eigenvalue weighted by Gasteiger charge is -2.36. The maximum atomic E-state index is 13.6. The molecule has 0 unspecified atom stereocenters. The summed E-state index contributed by atoms with van der Waals surface area (Å²) in [7, 11) is 0. The third-order valence-electron chi connectivity index (χ3n) is 6.67. The summed E-state index contributed by atoms with van der Waals surface area (Å²) in [5, 5.41) is 9.64. The highest BCUT2D eigenvalue weighted by atomic mass is 16.6. The number of amides is 4. The molecule has 1 aliphatic rings. The fourth-order valence-electron chi connectivity index (χ4n) is 4.16. The number of benzene rings is 1. The Morgan fingerprint density at radius 3 is 2.13 bits per heavy atom. The number of piperazine rings is 1. The van der Waals surface area contributed by atoms with E-state index in [4.69, 9.17) is 14.2 Å². The van der Waals surface area contributed by atoms with Gasteiger partial charge in [-0.05, 0) is 39.8 Å². The Kier molecular flexibility index (Phi) is 11.5. The van der Waals surface area contributed by atoms with Crippen LogP contribution in [0.3, 0.4) is 0 Å². The number of hydrogen-bond donors (Lipinski definition) is 2. The molecule has 0 aliphatic carbocycles. The summed E-state index contributed by atoms with van der Waals surface area (Å²) in [4.78, 5) is 67.2. The standard InChI is InChI=1S/C31H44N6O8/c1-8-43-29(42)36-16-14-35(15-17-36)27(40)23(19-32-28(41)45-31(5,6)7)33-26(39)22-18-25(44-20-24(38)30(2,3)4)37(34-22)21-12-10-9-11-13-21/h9-13,18,23H,8,14-17,19-20H2,1-7H3,(H,32,41)(H,33,39)/t23-/m0/s1. The molecule has 1 fully saturated rings. The second kappa shape index (κ2) is 14.9. The predicted octanol–water partition coefficient (Wildman–Crippen LogP) is 2.79. The first kappa shape index (κ1) is 34.9. The SMILES string of the molecule is CCOC(=O)N1CCN(C(=O)[C@H](CNC(=O)OC(C)(C)C)NC(=O)c2cc(OCC(=O)C(C)(C)C)n(-c3ccccc3)n2)CC1. The van der Waals surface area contributed by atoms with Crippen LogP contribution in [-0.2, 0) is 19.1 Å². The number of carbonyl (C=O) groups excluding carboxylic acids is 5. The Hall–Kier alpha value is -4.62. The summed E-state index contributed by atoms with van der Waals surface area (Å²) in [6.45, 7) is 12.8. The van der Waals surface area contributed by atoms with Gasteiger partial charge < -0.3 is 34.6 Å². The van der Waals surface area contributed by atoms with Crippen LogP contribution in [0.4, 0.5) is 9.59 Å². The third kappa shape index (κ3) is 10.2. The molecule has 1 aromatic heterocycles. The minimum Gasteiger partial charge on any atom is -0.470 e. The lowest BCUT2D eigenvalue weighted by atomic mass is 9.91. The summed E-state index contributed by atoms with van der Waals surface area (Å²) >= 11 is 0. The average molecular weight is 629 g/mol. The number of alkyl carbamates (subject to hydrolysis) is 1. The molecule has 3 rings (SSSR count). The highest BCUT2D eigenvalue weighted by molar-refractivity contribution is 5.96. The normalized spacial score (nSPS) is 14.3. The van der Waals surface area contributed by atoms with Crippen molar-refractivity contribution in [1.82, 2.24) is 30.2 Å². The van der Waals surface area contributed by atoms with Gasteiger partial charge in [0.1, 0.15) is 18.2 Å². The van der Waals surface area contributed by atoms with E-state index < -0.39 is 41.1 Å². The molecule has 0 saturated carbocycles. The molecule has 0 radical (unpaired) electrons. The summed E-state index contributed by atoms with van der Waals surface area (Å²) in [6.07, 6.45) is -1.22. The van der Waals surface area contributed by atoms with E-state index >= 15 is 0 Å². The Labute approximate surface area is 263 Å². The summed E-state index contributed by atoms with van der Waals surface area (Å²) < 4.78 is 17.6. The van der Waals surface area contributed by atoms with Crippen LogP contribution < -0.4 is 15.4 Å².